The van der Waals surface area contributed by atoms with Gasteiger partial charge in [0.15, 0.2) is 8.67 Å². The molecule has 10 heteroatoms. The Morgan fingerprint density at radius 2 is 1.09 bits per heavy atom. The van der Waals surface area contributed by atoms with Crippen molar-refractivity contribution >= 4 is 116 Å². The maximum absolute atomic E-state index is 6.28. The van der Waals surface area contributed by atoms with Gasteiger partial charge in [-0.15, -0.1) is 0 Å². The van der Waals surface area contributed by atoms with Crippen LogP contribution in [-0.2, 0) is 8.67 Å². The normalized spacial score (nSPS) is 14.2. The highest BCUT2D eigenvalue weighted by Gasteiger charge is 2.52. The monoisotopic (exact) mass is 515 g/mol. The van der Waals surface area contributed by atoms with E-state index in [4.69, 9.17) is 116 Å². The van der Waals surface area contributed by atoms with Gasteiger partial charge in [0.2, 0.25) is 7.59 Å². The van der Waals surface area contributed by atoms with Crippen LogP contribution in [0.15, 0.2) is 18.2 Å². The van der Waals surface area contributed by atoms with E-state index >= 15 is 0 Å². The van der Waals surface area contributed by atoms with Gasteiger partial charge in [0.1, 0.15) is 0 Å². The van der Waals surface area contributed by atoms with Crippen molar-refractivity contribution < 1.29 is 0 Å². The number of rotatable bonds is 4. The Hall–Kier alpha value is 2.12. The van der Waals surface area contributed by atoms with Gasteiger partial charge in [-0.1, -0.05) is 141 Å². The molecule has 0 heterocycles. The molecule has 1 radical (unpaired) electrons. The molecule has 0 saturated carbocycles. The van der Waals surface area contributed by atoms with Gasteiger partial charge in [-0.05, 0) is 29.5 Å². The van der Waals surface area contributed by atoms with Gasteiger partial charge < -0.3 is 0 Å². The third kappa shape index (κ3) is 4.89. The van der Waals surface area contributed by atoms with Crippen molar-refractivity contribution in [2.75, 3.05) is 0 Å². The van der Waals surface area contributed by atoms with E-state index in [0.717, 1.165) is 0 Å². The Morgan fingerprint density at radius 1 is 0.739 bits per heavy atom. The molecule has 0 unspecified atom stereocenters. The van der Waals surface area contributed by atoms with E-state index in [9.17, 15) is 0 Å². The summed E-state index contributed by atoms with van der Waals surface area (Å²) in [6.45, 7) is 1.87. The Labute approximate surface area is 185 Å². The molecule has 1 rings (SSSR count). The molecule has 0 N–H and O–H groups in total. The highest BCUT2D eigenvalue weighted by atomic mass is 35.6. The number of hydrogen-bond donors (Lipinski definition) is 0. The average Bonchev–Trinajstić information content (AvgIpc) is 2.36. The first-order valence-electron chi connectivity index (χ1n) is 6.04. The molecule has 0 aliphatic heterocycles. The smallest absolute Gasteiger partial charge is 0.0915 e. The first-order chi connectivity index (χ1) is 10.2. The first kappa shape index (κ1) is 23.2. The maximum Gasteiger partial charge on any atom is 0.227 e. The Balaban J connectivity index is 3.69. The summed E-state index contributed by atoms with van der Waals surface area (Å²) < 4.78 is -7.81. The largest absolute Gasteiger partial charge is 0.227 e. The zero-order chi connectivity index (χ0) is 18.3. The van der Waals surface area contributed by atoms with Crippen LogP contribution in [-0.4, -0.2) is 7.59 Å². The summed E-state index contributed by atoms with van der Waals surface area (Å²) in [5, 5.41) is 0. The van der Waals surface area contributed by atoms with Gasteiger partial charge in [-0.2, -0.15) is 0 Å². The van der Waals surface area contributed by atoms with Crippen molar-refractivity contribution in [1.82, 2.24) is 0 Å². The first-order valence-corrected chi connectivity index (χ1v) is 9.82. The molecule has 131 valence electrons. The molecule has 0 aliphatic rings. The molecule has 0 aliphatic carbocycles. The molecular formula is C13H9Cl10. The van der Waals surface area contributed by atoms with Crippen molar-refractivity contribution in [3.05, 3.63) is 41.3 Å². The van der Waals surface area contributed by atoms with Crippen LogP contribution in [0.3, 0.4) is 0 Å². The van der Waals surface area contributed by atoms with Crippen LogP contribution in [0, 0.1) is 6.42 Å². The minimum Gasteiger partial charge on any atom is -0.0915 e. The summed E-state index contributed by atoms with van der Waals surface area (Å²) >= 11 is 60.5. The standard InChI is InChI=1S/C13H9Cl10/c1-2-4-7-8(10(14,15)12(18,19)20)5-3-6-9(7)11(16,17)13(21,22)23/h3-6H,2H2,1H3. The van der Waals surface area contributed by atoms with E-state index in [-0.39, 0.29) is 11.1 Å². The summed E-state index contributed by atoms with van der Waals surface area (Å²) in [5.74, 6) is 0. The summed E-state index contributed by atoms with van der Waals surface area (Å²) in [6, 6.07) is 4.73. The van der Waals surface area contributed by atoms with Crippen molar-refractivity contribution in [3.8, 4) is 0 Å². The van der Waals surface area contributed by atoms with E-state index in [1.165, 1.54) is 0 Å². The molecule has 0 nitrogen and oxygen atoms in total. The lowest BCUT2D eigenvalue weighted by atomic mass is 9.93. The second-order valence-electron chi connectivity index (χ2n) is 4.52. The van der Waals surface area contributed by atoms with Crippen molar-refractivity contribution in [3.63, 3.8) is 0 Å². The highest BCUT2D eigenvalue weighted by molar-refractivity contribution is 6.76. The molecule has 0 aromatic heterocycles. The van der Waals surface area contributed by atoms with E-state index < -0.39 is 16.3 Å². The van der Waals surface area contributed by atoms with Crippen LogP contribution in [0.1, 0.15) is 30.0 Å². The van der Waals surface area contributed by atoms with E-state index in [0.29, 0.717) is 12.0 Å². The van der Waals surface area contributed by atoms with Gasteiger partial charge in [-0.25, -0.2) is 0 Å². The summed E-state index contributed by atoms with van der Waals surface area (Å²) in [5.41, 5.74) is 0.989. The van der Waals surface area contributed by atoms with Crippen LogP contribution in [0.5, 0.6) is 0 Å². The molecular weight excluding hydrogens is 511 g/mol. The predicted octanol–water partition coefficient (Wildman–Crippen LogP) is 8.65. The number of benzene rings is 1. The van der Waals surface area contributed by atoms with Gasteiger partial charge in [0.05, 0.1) is 0 Å². The fraction of sp³-hybridized carbons (Fsp3) is 0.462. The van der Waals surface area contributed by atoms with Crippen molar-refractivity contribution in [1.29, 1.82) is 0 Å². The Kier molecular flexibility index (Phi) is 8.07. The van der Waals surface area contributed by atoms with Crippen molar-refractivity contribution in [2.24, 2.45) is 0 Å². The fourth-order valence-electron chi connectivity index (χ4n) is 1.84. The highest BCUT2D eigenvalue weighted by Crippen LogP contribution is 2.58. The average molecular weight is 520 g/mol. The molecule has 0 amide bonds. The fourth-order valence-corrected chi connectivity index (χ4v) is 3.11. The third-order valence-corrected chi connectivity index (χ3v) is 7.71. The third-order valence-electron chi connectivity index (χ3n) is 2.90. The van der Waals surface area contributed by atoms with E-state index in [2.05, 4.69) is 0 Å². The Morgan fingerprint density at radius 3 is 1.35 bits per heavy atom. The lowest BCUT2D eigenvalue weighted by molar-refractivity contribution is 0.825. The van der Waals surface area contributed by atoms with Gasteiger partial charge >= 0.3 is 0 Å². The SMILES string of the molecule is CC[CH]c1c(C(Cl)(Cl)C(Cl)(Cl)Cl)cccc1C(Cl)(Cl)C(Cl)(Cl)Cl. The molecule has 0 fully saturated rings. The molecule has 0 saturated heterocycles. The topological polar surface area (TPSA) is 0 Å². The summed E-state index contributed by atoms with van der Waals surface area (Å²) in [7, 11) is 0. The summed E-state index contributed by atoms with van der Waals surface area (Å²) in [6.07, 6.45) is 2.33. The molecule has 0 bridgehead atoms. The van der Waals surface area contributed by atoms with E-state index in [1.54, 1.807) is 24.6 Å². The second-order valence-corrected chi connectivity index (χ2v) is 11.7. The minimum absolute atomic E-state index is 0.278. The predicted molar refractivity (Wildman–Crippen MR) is 107 cm³/mol. The second kappa shape index (κ2) is 8.01. The maximum atomic E-state index is 6.28. The minimum atomic E-state index is -2.02. The molecule has 0 spiro atoms. The van der Waals surface area contributed by atoms with E-state index in [1.807, 2.05) is 6.92 Å². The lowest BCUT2D eigenvalue weighted by Crippen LogP contribution is -2.33. The number of halogens is 10. The zero-order valence-corrected chi connectivity index (χ0v) is 18.9. The molecule has 1 aromatic carbocycles. The van der Waals surface area contributed by atoms with Crippen LogP contribution in [0.2, 0.25) is 0 Å². The quantitative estimate of drug-likeness (QED) is 0.349. The number of alkyl halides is 10. The van der Waals surface area contributed by atoms with Crippen LogP contribution in [0.25, 0.3) is 0 Å². The Bertz CT molecular complexity index is 509. The molecule has 23 heavy (non-hydrogen) atoms. The lowest BCUT2D eigenvalue weighted by Gasteiger charge is -2.34. The van der Waals surface area contributed by atoms with Crippen LogP contribution >= 0.6 is 116 Å². The molecule has 1 aromatic rings. The van der Waals surface area contributed by atoms with Gasteiger partial charge in [0.25, 0.3) is 0 Å². The zero-order valence-electron chi connectivity index (χ0n) is 11.3. The summed E-state index contributed by atoms with van der Waals surface area (Å²) in [4.78, 5) is 0. The van der Waals surface area contributed by atoms with Gasteiger partial charge in [0, 0.05) is 0 Å². The van der Waals surface area contributed by atoms with Gasteiger partial charge in [-0.3, -0.25) is 0 Å². The van der Waals surface area contributed by atoms with Crippen molar-refractivity contribution in [2.45, 2.75) is 29.6 Å². The van der Waals surface area contributed by atoms with Crippen LogP contribution < -0.4 is 0 Å². The molecule has 0 atom stereocenters. The number of hydrogen-bond acceptors (Lipinski definition) is 0. The van der Waals surface area contributed by atoms with Crippen LogP contribution in [0.4, 0.5) is 0 Å².